The summed E-state index contributed by atoms with van der Waals surface area (Å²) in [7, 11) is 0. The molecule has 210 valence electrons. The van der Waals surface area contributed by atoms with Gasteiger partial charge < -0.3 is 15.0 Å². The highest BCUT2D eigenvalue weighted by atomic mass is 16.5. The van der Waals surface area contributed by atoms with Crippen LogP contribution in [-0.4, -0.2) is 50.6 Å². The molecule has 1 unspecified atom stereocenters. The molecular weight excluding hydrogens is 514 g/mol. The first-order valence-electron chi connectivity index (χ1n) is 14.9. The Morgan fingerprint density at radius 1 is 1.00 bits per heavy atom. The highest BCUT2D eigenvalue weighted by molar-refractivity contribution is 6.01. The first kappa shape index (κ1) is 25.7. The summed E-state index contributed by atoms with van der Waals surface area (Å²) in [6.07, 6.45) is 11.4. The fraction of sp³-hybridized carbons (Fsp3) is 0.394. The van der Waals surface area contributed by atoms with E-state index in [-0.39, 0.29) is 18.1 Å². The molecule has 2 amide bonds. The van der Waals surface area contributed by atoms with Gasteiger partial charge in [0.2, 0.25) is 6.41 Å². The topological polar surface area (TPSA) is 100 Å². The largest absolute Gasteiger partial charge is 0.490 e. The van der Waals surface area contributed by atoms with Crippen LogP contribution in [0.4, 0.5) is 0 Å². The van der Waals surface area contributed by atoms with Gasteiger partial charge in [-0.1, -0.05) is 18.9 Å². The highest BCUT2D eigenvalue weighted by Gasteiger charge is 2.40. The number of piperidine rings is 1. The molecule has 3 fully saturated rings. The molecule has 4 atom stereocenters. The quantitative estimate of drug-likeness (QED) is 0.270. The summed E-state index contributed by atoms with van der Waals surface area (Å²) < 4.78 is 6.33. The number of hydrogen-bond donors (Lipinski definition) is 2. The molecule has 2 aliphatic heterocycles. The van der Waals surface area contributed by atoms with E-state index >= 15 is 0 Å². The number of rotatable bonds is 8. The lowest BCUT2D eigenvalue weighted by atomic mass is 9.94. The summed E-state index contributed by atoms with van der Waals surface area (Å²) in [6, 6.07) is 20.1. The molecule has 41 heavy (non-hydrogen) atoms. The Morgan fingerprint density at radius 3 is 2.49 bits per heavy atom. The lowest BCUT2D eigenvalue weighted by Crippen LogP contribution is -2.45. The number of hydrogen-bond acceptors (Lipinski definition) is 5. The number of fused-ring (bicyclic) bond motifs is 3. The molecule has 1 aliphatic carbocycles. The van der Waals surface area contributed by atoms with Gasteiger partial charge in [-0.15, -0.1) is 0 Å². The third kappa shape index (κ3) is 5.07. The van der Waals surface area contributed by atoms with Crippen molar-refractivity contribution in [1.29, 1.82) is 0 Å². The van der Waals surface area contributed by atoms with E-state index in [2.05, 4.69) is 20.5 Å². The lowest BCUT2D eigenvalue weighted by Gasteiger charge is -2.36. The van der Waals surface area contributed by atoms with E-state index in [1.54, 1.807) is 6.20 Å². The van der Waals surface area contributed by atoms with Crippen molar-refractivity contribution < 1.29 is 14.3 Å². The zero-order valence-electron chi connectivity index (χ0n) is 23.0. The Morgan fingerprint density at radius 2 is 1.78 bits per heavy atom. The van der Waals surface area contributed by atoms with Gasteiger partial charge in [-0.25, -0.2) is 0 Å². The molecule has 4 aromatic rings. The standard InChI is InChI=1S/C33H35N5O3/c39-20-38-24-11-12-25(38)19-27(18-24)41-26-13-8-22(9-14-26)31-28-17-23(10-15-29(28)36-37-31)33(40)35-32(21-5-1-2-6-21)30-7-3-4-16-34-30/h3-4,7-10,13-17,20-21,24-25,27,32H,1-2,5-6,11-12,18-19H2,(H,35,40)(H,36,37)/t24-,25+,27-,32?. The van der Waals surface area contributed by atoms with Crippen LogP contribution in [-0.2, 0) is 4.79 Å². The number of H-pyrrole nitrogens is 1. The number of aromatic nitrogens is 3. The molecule has 4 heterocycles. The Bertz CT molecular complexity index is 1520. The molecule has 1 saturated carbocycles. The fourth-order valence-electron chi connectivity index (χ4n) is 7.20. The Balaban J connectivity index is 1.08. The van der Waals surface area contributed by atoms with Gasteiger partial charge in [-0.2, -0.15) is 5.10 Å². The van der Waals surface area contributed by atoms with Gasteiger partial charge in [-0.05, 0) is 86.2 Å². The van der Waals surface area contributed by atoms with Crippen LogP contribution in [0.1, 0.15) is 73.5 Å². The Hall–Kier alpha value is -4.20. The van der Waals surface area contributed by atoms with Crippen molar-refractivity contribution in [2.24, 2.45) is 5.92 Å². The van der Waals surface area contributed by atoms with Crippen LogP contribution in [0, 0.1) is 5.92 Å². The molecule has 2 aromatic carbocycles. The first-order chi connectivity index (χ1) is 20.2. The summed E-state index contributed by atoms with van der Waals surface area (Å²) in [5.41, 5.74) is 4.16. The SMILES string of the molecule is O=CN1[C@@H]2CC[C@H]1C[C@H](Oc1ccc(-c3n[nH]c4ccc(C(=O)NC(c5ccccn5)C5CCCC5)cc34)cc1)C2. The van der Waals surface area contributed by atoms with Crippen LogP contribution < -0.4 is 10.1 Å². The van der Waals surface area contributed by atoms with Crippen LogP contribution in [0.15, 0.2) is 66.9 Å². The van der Waals surface area contributed by atoms with Crippen molar-refractivity contribution in [2.45, 2.75) is 75.6 Å². The average Bonchev–Trinajstić information content (AvgIpc) is 3.75. The van der Waals surface area contributed by atoms with Crippen LogP contribution in [0.2, 0.25) is 0 Å². The Kier molecular flexibility index (Phi) is 6.90. The molecule has 0 radical (unpaired) electrons. The second kappa shape index (κ2) is 11.0. The van der Waals surface area contributed by atoms with Gasteiger partial charge in [-0.3, -0.25) is 19.7 Å². The average molecular weight is 550 g/mol. The van der Waals surface area contributed by atoms with Crippen LogP contribution >= 0.6 is 0 Å². The molecule has 2 aromatic heterocycles. The van der Waals surface area contributed by atoms with Gasteiger partial charge in [0.05, 0.1) is 22.9 Å². The molecular formula is C33H35N5O3. The minimum absolute atomic E-state index is 0.0973. The number of carbonyl (C=O) groups excluding carboxylic acids is 2. The third-order valence-corrected chi connectivity index (χ3v) is 9.29. The van der Waals surface area contributed by atoms with E-state index in [1.807, 2.05) is 65.6 Å². The van der Waals surface area contributed by atoms with Crippen LogP contribution in [0.3, 0.4) is 0 Å². The molecule has 7 rings (SSSR count). The molecule has 8 nitrogen and oxygen atoms in total. The van der Waals surface area contributed by atoms with E-state index in [0.29, 0.717) is 23.6 Å². The monoisotopic (exact) mass is 549 g/mol. The van der Waals surface area contributed by atoms with Crippen LogP contribution in [0.25, 0.3) is 22.2 Å². The third-order valence-electron chi connectivity index (χ3n) is 9.29. The number of benzene rings is 2. The summed E-state index contributed by atoms with van der Waals surface area (Å²) in [5.74, 6) is 1.13. The molecule has 8 heteroatoms. The molecule has 2 bridgehead atoms. The van der Waals surface area contributed by atoms with Crippen molar-refractivity contribution >= 4 is 23.2 Å². The predicted octanol–water partition coefficient (Wildman–Crippen LogP) is 5.82. The number of carbonyl (C=O) groups is 2. The summed E-state index contributed by atoms with van der Waals surface area (Å²) >= 11 is 0. The number of nitrogens with zero attached hydrogens (tertiary/aromatic N) is 3. The van der Waals surface area contributed by atoms with Crippen molar-refractivity contribution in [2.75, 3.05) is 0 Å². The van der Waals surface area contributed by atoms with Crippen LogP contribution in [0.5, 0.6) is 5.75 Å². The number of aromatic amines is 1. The van der Waals surface area contributed by atoms with E-state index in [0.717, 1.165) is 78.5 Å². The van der Waals surface area contributed by atoms with Gasteiger partial charge in [0.1, 0.15) is 11.9 Å². The van der Waals surface area contributed by atoms with E-state index in [1.165, 1.54) is 12.8 Å². The second-order valence-electron chi connectivity index (χ2n) is 11.8. The molecule has 2 N–H and O–H groups in total. The predicted molar refractivity (Wildman–Crippen MR) is 156 cm³/mol. The molecule has 3 aliphatic rings. The van der Waals surface area contributed by atoms with E-state index in [4.69, 9.17) is 4.74 Å². The fourth-order valence-corrected chi connectivity index (χ4v) is 7.20. The zero-order chi connectivity index (χ0) is 27.8. The zero-order valence-corrected chi connectivity index (χ0v) is 23.0. The van der Waals surface area contributed by atoms with Crippen molar-refractivity contribution in [3.63, 3.8) is 0 Å². The van der Waals surface area contributed by atoms with Gasteiger partial charge in [0.15, 0.2) is 0 Å². The van der Waals surface area contributed by atoms with Crippen molar-refractivity contribution in [3.05, 3.63) is 78.1 Å². The Labute approximate surface area is 239 Å². The summed E-state index contributed by atoms with van der Waals surface area (Å²) in [5, 5.41) is 11.9. The van der Waals surface area contributed by atoms with E-state index < -0.39 is 0 Å². The smallest absolute Gasteiger partial charge is 0.251 e. The lowest BCUT2D eigenvalue weighted by molar-refractivity contribution is -0.123. The maximum atomic E-state index is 13.5. The number of amides is 2. The minimum atomic E-state index is -0.0980. The highest BCUT2D eigenvalue weighted by Crippen LogP contribution is 2.37. The minimum Gasteiger partial charge on any atom is -0.490 e. The maximum Gasteiger partial charge on any atom is 0.251 e. The molecule has 2 saturated heterocycles. The van der Waals surface area contributed by atoms with Crippen molar-refractivity contribution in [1.82, 2.24) is 25.4 Å². The summed E-state index contributed by atoms with van der Waals surface area (Å²) in [4.78, 5) is 31.5. The van der Waals surface area contributed by atoms with Gasteiger partial charge in [0.25, 0.3) is 5.91 Å². The van der Waals surface area contributed by atoms with Gasteiger partial charge in [0, 0.05) is 47.6 Å². The maximum absolute atomic E-state index is 13.5. The van der Waals surface area contributed by atoms with E-state index in [9.17, 15) is 9.59 Å². The second-order valence-corrected chi connectivity index (χ2v) is 11.8. The number of nitrogens with one attached hydrogen (secondary N) is 2. The number of pyridine rings is 1. The normalized spacial score (nSPS) is 23.0. The first-order valence-corrected chi connectivity index (χ1v) is 14.9. The van der Waals surface area contributed by atoms with Crippen molar-refractivity contribution in [3.8, 4) is 17.0 Å². The summed E-state index contributed by atoms with van der Waals surface area (Å²) in [6.45, 7) is 0. The number of ether oxygens (including phenoxy) is 1. The molecule has 0 spiro atoms. The van der Waals surface area contributed by atoms with Gasteiger partial charge >= 0.3 is 0 Å².